The predicted molar refractivity (Wildman–Crippen MR) is 110 cm³/mol. The SMILES string of the molecule is CC(=CC(C)C)[C@H]1CCC2C3CC=C4C[C@@H](O)CC[C@]4(C)C3CC[C@@]21C. The van der Waals surface area contributed by atoms with Crippen LogP contribution < -0.4 is 0 Å². The highest BCUT2D eigenvalue weighted by Crippen LogP contribution is 2.67. The molecule has 0 saturated heterocycles. The average Bonchev–Trinajstić information content (AvgIpc) is 2.92. The Morgan fingerprint density at radius 2 is 1.88 bits per heavy atom. The van der Waals surface area contributed by atoms with Gasteiger partial charge in [-0.1, -0.05) is 51.0 Å². The van der Waals surface area contributed by atoms with E-state index in [0.717, 1.165) is 36.5 Å². The van der Waals surface area contributed by atoms with Gasteiger partial charge in [0, 0.05) is 0 Å². The normalized spacial score (nSPS) is 48.7. The van der Waals surface area contributed by atoms with Crippen molar-refractivity contribution >= 4 is 0 Å². The Bertz CT molecular complexity index is 614. The van der Waals surface area contributed by atoms with Crippen LogP contribution in [0, 0.1) is 40.4 Å². The van der Waals surface area contributed by atoms with Crippen LogP contribution in [0.25, 0.3) is 0 Å². The minimum Gasteiger partial charge on any atom is -0.393 e. The van der Waals surface area contributed by atoms with Gasteiger partial charge in [-0.3, -0.25) is 0 Å². The number of hydrogen-bond donors (Lipinski definition) is 1. The molecule has 7 atom stereocenters. The lowest BCUT2D eigenvalue weighted by atomic mass is 9.47. The summed E-state index contributed by atoms with van der Waals surface area (Å²) in [5.74, 6) is 4.13. The summed E-state index contributed by atoms with van der Waals surface area (Å²) >= 11 is 0. The highest BCUT2D eigenvalue weighted by Gasteiger charge is 2.58. The molecule has 1 nitrogen and oxygen atoms in total. The van der Waals surface area contributed by atoms with Crippen molar-refractivity contribution < 1.29 is 5.11 Å². The van der Waals surface area contributed by atoms with Crippen molar-refractivity contribution in [3.05, 3.63) is 23.3 Å². The molecule has 3 unspecified atom stereocenters. The van der Waals surface area contributed by atoms with Gasteiger partial charge in [-0.25, -0.2) is 0 Å². The molecule has 26 heavy (non-hydrogen) atoms. The Hall–Kier alpha value is -0.560. The van der Waals surface area contributed by atoms with E-state index in [-0.39, 0.29) is 6.10 Å². The minimum absolute atomic E-state index is 0.0839. The first-order valence-electron chi connectivity index (χ1n) is 11.3. The molecule has 3 fully saturated rings. The maximum absolute atomic E-state index is 10.2. The average molecular weight is 357 g/mol. The molecule has 4 rings (SSSR count). The van der Waals surface area contributed by atoms with Gasteiger partial charge in [-0.15, -0.1) is 0 Å². The second-order valence-electron chi connectivity index (χ2n) is 11.0. The van der Waals surface area contributed by atoms with E-state index in [0.29, 0.717) is 16.7 Å². The molecule has 0 aromatic carbocycles. The number of allylic oxidation sites excluding steroid dienone is 3. The smallest absolute Gasteiger partial charge is 0.0577 e. The summed E-state index contributed by atoms with van der Waals surface area (Å²) in [5, 5.41) is 10.2. The first-order valence-corrected chi connectivity index (χ1v) is 11.3. The molecule has 0 radical (unpaired) electrons. The van der Waals surface area contributed by atoms with Gasteiger partial charge in [0.25, 0.3) is 0 Å². The molecule has 0 aromatic rings. The van der Waals surface area contributed by atoms with Crippen molar-refractivity contribution in [2.45, 2.75) is 92.1 Å². The molecule has 1 N–H and O–H groups in total. The zero-order valence-electron chi connectivity index (χ0n) is 17.7. The number of aliphatic hydroxyl groups excluding tert-OH is 1. The van der Waals surface area contributed by atoms with Crippen LogP contribution in [-0.4, -0.2) is 11.2 Å². The molecule has 4 aliphatic carbocycles. The second-order valence-corrected chi connectivity index (χ2v) is 11.0. The van der Waals surface area contributed by atoms with Crippen molar-refractivity contribution in [2.24, 2.45) is 40.4 Å². The Morgan fingerprint density at radius 1 is 1.12 bits per heavy atom. The van der Waals surface area contributed by atoms with Gasteiger partial charge in [0.1, 0.15) is 0 Å². The van der Waals surface area contributed by atoms with Crippen LogP contribution in [0.5, 0.6) is 0 Å². The highest BCUT2D eigenvalue weighted by atomic mass is 16.3. The Balaban J connectivity index is 1.62. The van der Waals surface area contributed by atoms with Crippen LogP contribution in [0.15, 0.2) is 23.3 Å². The van der Waals surface area contributed by atoms with Crippen LogP contribution >= 0.6 is 0 Å². The summed E-state index contributed by atoms with van der Waals surface area (Å²) in [6.07, 6.45) is 15.1. The Kier molecular flexibility index (Phi) is 4.70. The molecule has 3 saturated carbocycles. The fraction of sp³-hybridized carbons (Fsp3) is 0.840. The second kappa shape index (κ2) is 6.50. The number of hydrogen-bond acceptors (Lipinski definition) is 1. The topological polar surface area (TPSA) is 20.2 Å². The van der Waals surface area contributed by atoms with Gasteiger partial charge in [-0.05, 0) is 98.7 Å². The highest BCUT2D eigenvalue weighted by molar-refractivity contribution is 5.26. The first-order chi connectivity index (χ1) is 12.3. The number of aliphatic hydroxyl groups is 1. The summed E-state index contributed by atoms with van der Waals surface area (Å²) in [6, 6.07) is 0. The summed E-state index contributed by atoms with van der Waals surface area (Å²) < 4.78 is 0. The lowest BCUT2D eigenvalue weighted by molar-refractivity contribution is -0.0454. The van der Waals surface area contributed by atoms with Crippen LogP contribution in [0.1, 0.15) is 86.0 Å². The Labute approximate surface area is 161 Å². The van der Waals surface area contributed by atoms with E-state index in [2.05, 4.69) is 46.8 Å². The quantitative estimate of drug-likeness (QED) is 0.558. The van der Waals surface area contributed by atoms with Gasteiger partial charge in [0.2, 0.25) is 0 Å². The zero-order chi connectivity index (χ0) is 18.7. The van der Waals surface area contributed by atoms with Gasteiger partial charge in [0.05, 0.1) is 6.10 Å². The Morgan fingerprint density at radius 3 is 2.62 bits per heavy atom. The third-order valence-electron chi connectivity index (χ3n) is 9.22. The van der Waals surface area contributed by atoms with Gasteiger partial charge < -0.3 is 5.11 Å². The van der Waals surface area contributed by atoms with E-state index in [4.69, 9.17) is 0 Å². The number of fused-ring (bicyclic) bond motifs is 5. The third-order valence-corrected chi connectivity index (χ3v) is 9.22. The van der Waals surface area contributed by atoms with E-state index >= 15 is 0 Å². The van der Waals surface area contributed by atoms with Gasteiger partial charge in [0.15, 0.2) is 0 Å². The van der Waals surface area contributed by atoms with E-state index in [1.165, 1.54) is 38.5 Å². The molecule has 4 aliphatic rings. The van der Waals surface area contributed by atoms with Crippen LogP contribution in [0.3, 0.4) is 0 Å². The standard InChI is InChI=1S/C25H40O/c1-16(2)14-17(3)21-8-9-22-20-7-6-18-15-19(26)10-12-24(18,4)23(20)11-13-25(21,22)5/h6,14,16,19-23,26H,7-13,15H2,1-5H3/t19-,20?,21+,22?,23?,24-,25+/m0/s1. The lowest BCUT2D eigenvalue weighted by Crippen LogP contribution is -2.50. The van der Waals surface area contributed by atoms with Crippen molar-refractivity contribution in [3.8, 4) is 0 Å². The molecule has 0 amide bonds. The summed E-state index contributed by atoms with van der Waals surface area (Å²) in [4.78, 5) is 0. The predicted octanol–water partition coefficient (Wildman–Crippen LogP) is 6.53. The maximum Gasteiger partial charge on any atom is 0.0577 e. The lowest BCUT2D eigenvalue weighted by Gasteiger charge is -2.58. The molecule has 0 aliphatic heterocycles. The molecule has 1 heteroatoms. The van der Waals surface area contributed by atoms with Crippen molar-refractivity contribution in [1.29, 1.82) is 0 Å². The first kappa shape index (κ1) is 18.8. The van der Waals surface area contributed by atoms with Crippen LogP contribution in [0.2, 0.25) is 0 Å². The molecular weight excluding hydrogens is 316 g/mol. The molecular formula is C25H40O. The molecule has 0 heterocycles. The molecule has 0 bridgehead atoms. The number of rotatable bonds is 2. The molecule has 146 valence electrons. The maximum atomic E-state index is 10.2. The largest absolute Gasteiger partial charge is 0.393 e. The monoisotopic (exact) mass is 356 g/mol. The van der Waals surface area contributed by atoms with E-state index in [9.17, 15) is 5.11 Å². The van der Waals surface area contributed by atoms with Gasteiger partial charge >= 0.3 is 0 Å². The fourth-order valence-electron chi connectivity index (χ4n) is 8.03. The fourth-order valence-corrected chi connectivity index (χ4v) is 8.03. The van der Waals surface area contributed by atoms with Crippen LogP contribution in [0.4, 0.5) is 0 Å². The molecule has 0 spiro atoms. The van der Waals surface area contributed by atoms with Crippen molar-refractivity contribution in [1.82, 2.24) is 0 Å². The zero-order valence-corrected chi connectivity index (χ0v) is 17.7. The van der Waals surface area contributed by atoms with Crippen molar-refractivity contribution in [2.75, 3.05) is 0 Å². The summed E-state index contributed by atoms with van der Waals surface area (Å²) in [6.45, 7) is 12.2. The van der Waals surface area contributed by atoms with Gasteiger partial charge in [-0.2, -0.15) is 0 Å². The van der Waals surface area contributed by atoms with Crippen molar-refractivity contribution in [3.63, 3.8) is 0 Å². The summed E-state index contributed by atoms with van der Waals surface area (Å²) in [7, 11) is 0. The van der Waals surface area contributed by atoms with E-state index in [1.54, 1.807) is 11.1 Å². The van der Waals surface area contributed by atoms with Crippen LogP contribution in [-0.2, 0) is 0 Å². The third kappa shape index (κ3) is 2.76. The van der Waals surface area contributed by atoms with E-state index in [1.807, 2.05) is 0 Å². The molecule has 0 aromatic heterocycles. The van der Waals surface area contributed by atoms with E-state index < -0.39 is 0 Å². The minimum atomic E-state index is -0.0839. The summed E-state index contributed by atoms with van der Waals surface area (Å²) in [5.41, 5.74) is 4.17.